The molecule has 2 aromatic rings. The first-order valence-corrected chi connectivity index (χ1v) is 10.9. The number of halogens is 1. The van der Waals surface area contributed by atoms with Crippen molar-refractivity contribution in [3.8, 4) is 11.5 Å². The summed E-state index contributed by atoms with van der Waals surface area (Å²) < 4.78 is 24.8. The van der Waals surface area contributed by atoms with Gasteiger partial charge in [0, 0.05) is 5.56 Å². The fourth-order valence-corrected chi connectivity index (χ4v) is 4.96. The van der Waals surface area contributed by atoms with E-state index >= 15 is 0 Å². The van der Waals surface area contributed by atoms with E-state index in [-0.39, 0.29) is 46.9 Å². The second-order valence-corrected chi connectivity index (χ2v) is 8.43. The molecule has 1 N–H and O–H groups in total. The molecule has 4 atom stereocenters. The fourth-order valence-electron chi connectivity index (χ4n) is 4.96. The number of nitrogens with one attached hydrogen (secondary N) is 1. The zero-order valence-electron chi connectivity index (χ0n) is 18.3. The van der Waals surface area contributed by atoms with Crippen LogP contribution >= 0.6 is 0 Å². The number of amides is 3. The summed E-state index contributed by atoms with van der Waals surface area (Å²) in [5, 5.41) is 7.56. The summed E-state index contributed by atoms with van der Waals surface area (Å²) in [7, 11) is 1.44. The van der Waals surface area contributed by atoms with Crippen LogP contribution in [0.2, 0.25) is 0 Å². The molecule has 0 aromatic heterocycles. The van der Waals surface area contributed by atoms with Crippen molar-refractivity contribution in [2.24, 2.45) is 28.8 Å². The molecule has 0 spiro atoms. The molecular formula is C25H22FN3O5. The van der Waals surface area contributed by atoms with Crippen molar-refractivity contribution in [3.05, 3.63) is 66.0 Å². The number of ether oxygens (including phenoxy) is 2. The lowest BCUT2D eigenvalue weighted by atomic mass is 9.85. The second-order valence-electron chi connectivity index (χ2n) is 8.43. The normalized spacial score (nSPS) is 24.7. The molecule has 174 valence electrons. The van der Waals surface area contributed by atoms with Crippen LogP contribution in [0.25, 0.3) is 0 Å². The number of methoxy groups -OCH3 is 1. The summed E-state index contributed by atoms with van der Waals surface area (Å²) in [6.45, 7) is -0.420. The Hall–Kier alpha value is -4.01. The summed E-state index contributed by atoms with van der Waals surface area (Å²) in [6, 6.07) is 10.8. The average molecular weight is 463 g/mol. The number of anilines is 1. The van der Waals surface area contributed by atoms with Gasteiger partial charge in [0.1, 0.15) is 5.82 Å². The van der Waals surface area contributed by atoms with Crippen LogP contribution in [0.1, 0.15) is 12.0 Å². The Bertz CT molecular complexity index is 1200. The van der Waals surface area contributed by atoms with Gasteiger partial charge in [0.05, 0.1) is 30.8 Å². The van der Waals surface area contributed by atoms with Crippen molar-refractivity contribution in [1.82, 2.24) is 5.01 Å². The number of hydrogen-bond donors (Lipinski definition) is 1. The van der Waals surface area contributed by atoms with Gasteiger partial charge in [-0.1, -0.05) is 30.4 Å². The van der Waals surface area contributed by atoms with Crippen LogP contribution in [0, 0.1) is 29.5 Å². The number of benzene rings is 2. The SMILES string of the molecule is COc1cccc(C=NN2C(=O)C3C4C=CC(C4)C3C2=O)c1OCC(=O)Nc1ccccc1F. The zero-order chi connectivity index (χ0) is 23.8. The summed E-state index contributed by atoms with van der Waals surface area (Å²) in [5.74, 6) is -1.68. The average Bonchev–Trinajstić information content (AvgIpc) is 3.52. The van der Waals surface area contributed by atoms with Crippen molar-refractivity contribution in [2.75, 3.05) is 19.0 Å². The predicted molar refractivity (Wildman–Crippen MR) is 121 cm³/mol. The highest BCUT2D eigenvalue weighted by atomic mass is 19.1. The Morgan fingerprint density at radius 2 is 1.82 bits per heavy atom. The van der Waals surface area contributed by atoms with E-state index in [1.54, 1.807) is 24.3 Å². The molecule has 1 heterocycles. The van der Waals surface area contributed by atoms with Gasteiger partial charge in [-0.15, -0.1) is 0 Å². The first kappa shape index (κ1) is 21.8. The van der Waals surface area contributed by atoms with E-state index in [9.17, 15) is 18.8 Å². The smallest absolute Gasteiger partial charge is 0.262 e. The van der Waals surface area contributed by atoms with E-state index in [1.165, 1.54) is 31.5 Å². The molecule has 2 fully saturated rings. The van der Waals surface area contributed by atoms with Crippen molar-refractivity contribution in [2.45, 2.75) is 6.42 Å². The number of imide groups is 1. The van der Waals surface area contributed by atoms with Crippen LogP contribution in [-0.2, 0) is 14.4 Å². The van der Waals surface area contributed by atoms with Gasteiger partial charge in [-0.2, -0.15) is 10.1 Å². The van der Waals surface area contributed by atoms with E-state index in [1.807, 2.05) is 12.2 Å². The van der Waals surface area contributed by atoms with E-state index in [4.69, 9.17) is 9.47 Å². The van der Waals surface area contributed by atoms with Crippen LogP contribution < -0.4 is 14.8 Å². The van der Waals surface area contributed by atoms with E-state index in [0.29, 0.717) is 11.3 Å². The molecular weight excluding hydrogens is 441 g/mol. The lowest BCUT2D eigenvalue weighted by Crippen LogP contribution is -2.28. The lowest BCUT2D eigenvalue weighted by molar-refractivity contribution is -0.140. The number of hydrazone groups is 1. The molecule has 9 heteroatoms. The Morgan fingerprint density at radius 1 is 1.12 bits per heavy atom. The van der Waals surface area contributed by atoms with Crippen LogP contribution in [0.4, 0.5) is 10.1 Å². The van der Waals surface area contributed by atoms with Crippen molar-refractivity contribution in [3.63, 3.8) is 0 Å². The molecule has 2 aliphatic carbocycles. The van der Waals surface area contributed by atoms with Gasteiger partial charge >= 0.3 is 0 Å². The third-order valence-electron chi connectivity index (χ3n) is 6.48. The molecule has 0 radical (unpaired) electrons. The quantitative estimate of drug-likeness (QED) is 0.387. The molecule has 8 nitrogen and oxygen atoms in total. The van der Waals surface area contributed by atoms with Gasteiger partial charge < -0.3 is 14.8 Å². The molecule has 1 saturated carbocycles. The zero-order valence-corrected chi connectivity index (χ0v) is 18.3. The topological polar surface area (TPSA) is 97.3 Å². The van der Waals surface area contributed by atoms with E-state index in [2.05, 4.69) is 10.4 Å². The minimum atomic E-state index is -0.570. The molecule has 5 rings (SSSR count). The number of nitrogens with zero attached hydrogens (tertiary/aromatic N) is 2. The van der Waals surface area contributed by atoms with Gasteiger partial charge in [0.2, 0.25) is 0 Å². The number of fused-ring (bicyclic) bond motifs is 5. The first-order valence-electron chi connectivity index (χ1n) is 10.9. The lowest BCUT2D eigenvalue weighted by Gasteiger charge is -2.14. The van der Waals surface area contributed by atoms with Gasteiger partial charge in [0.25, 0.3) is 17.7 Å². The number of hydrogen-bond acceptors (Lipinski definition) is 6. The third kappa shape index (κ3) is 3.72. The highest BCUT2D eigenvalue weighted by Gasteiger charge is 2.59. The van der Waals surface area contributed by atoms with E-state index < -0.39 is 18.3 Å². The predicted octanol–water partition coefficient (Wildman–Crippen LogP) is 2.99. The van der Waals surface area contributed by atoms with Crippen LogP contribution in [0.5, 0.6) is 11.5 Å². The Morgan fingerprint density at radius 3 is 2.50 bits per heavy atom. The van der Waals surface area contributed by atoms with Crippen LogP contribution in [0.15, 0.2) is 59.7 Å². The van der Waals surface area contributed by atoms with Crippen molar-refractivity contribution in [1.29, 1.82) is 0 Å². The van der Waals surface area contributed by atoms with E-state index in [0.717, 1.165) is 11.4 Å². The summed E-state index contributed by atoms with van der Waals surface area (Å²) in [6.07, 6.45) is 6.22. The Kier molecular flexibility index (Phi) is 5.61. The van der Waals surface area contributed by atoms with Gasteiger partial charge in [0.15, 0.2) is 18.1 Å². The van der Waals surface area contributed by atoms with Crippen LogP contribution in [0.3, 0.4) is 0 Å². The van der Waals surface area contributed by atoms with Gasteiger partial charge in [-0.05, 0) is 42.5 Å². The molecule has 3 amide bonds. The standard InChI is InChI=1S/C25H22FN3O5/c1-33-19-8-4-5-16(23(19)34-13-20(30)28-18-7-3-2-6-17(18)26)12-27-29-24(31)21-14-9-10-15(11-14)22(21)25(29)32/h2-10,12,14-15,21-22H,11,13H2,1H3,(H,28,30). The maximum atomic E-state index is 13.8. The monoisotopic (exact) mass is 463 g/mol. The molecule has 2 aromatic carbocycles. The molecule has 3 aliphatic rings. The number of carbonyl (C=O) groups is 3. The number of carbonyl (C=O) groups excluding carboxylic acids is 3. The summed E-state index contributed by atoms with van der Waals surface area (Å²) in [4.78, 5) is 38.0. The Balaban J connectivity index is 1.32. The minimum absolute atomic E-state index is 0.0398. The van der Waals surface area contributed by atoms with Crippen molar-refractivity contribution >= 4 is 29.6 Å². The highest BCUT2D eigenvalue weighted by Crippen LogP contribution is 2.52. The number of para-hydroxylation sites is 2. The van der Waals surface area contributed by atoms with Gasteiger partial charge in [-0.25, -0.2) is 4.39 Å². The maximum Gasteiger partial charge on any atom is 0.262 e. The van der Waals surface area contributed by atoms with Crippen LogP contribution in [-0.4, -0.2) is 42.7 Å². The summed E-state index contributed by atoms with van der Waals surface area (Å²) in [5.41, 5.74) is 0.453. The molecule has 4 unspecified atom stereocenters. The molecule has 1 saturated heterocycles. The largest absolute Gasteiger partial charge is 0.493 e. The molecule has 2 bridgehead atoms. The molecule has 1 aliphatic heterocycles. The first-order chi connectivity index (χ1) is 16.5. The summed E-state index contributed by atoms with van der Waals surface area (Å²) >= 11 is 0. The second kappa shape index (κ2) is 8.74. The third-order valence-corrected chi connectivity index (χ3v) is 6.48. The van der Waals surface area contributed by atoms with Gasteiger partial charge in [-0.3, -0.25) is 14.4 Å². The number of allylic oxidation sites excluding steroid dienone is 2. The Labute approximate surface area is 195 Å². The highest BCUT2D eigenvalue weighted by molar-refractivity contribution is 6.07. The minimum Gasteiger partial charge on any atom is -0.493 e. The maximum absolute atomic E-state index is 13.8. The fraction of sp³-hybridized carbons (Fsp3) is 0.280. The number of rotatable bonds is 7. The van der Waals surface area contributed by atoms with Crippen molar-refractivity contribution < 1.29 is 28.2 Å². The molecule has 34 heavy (non-hydrogen) atoms.